The minimum absolute atomic E-state index is 0.267. The molecular weight excluding hydrogens is 372 g/mol. The molecular formula is C24H28N6. The van der Waals surface area contributed by atoms with Crippen molar-refractivity contribution in [2.75, 3.05) is 44.7 Å². The van der Waals surface area contributed by atoms with E-state index in [4.69, 9.17) is 0 Å². The zero-order valence-corrected chi connectivity index (χ0v) is 17.4. The first-order chi connectivity index (χ1) is 14.8. The van der Waals surface area contributed by atoms with E-state index in [9.17, 15) is 0 Å². The molecule has 1 saturated heterocycles. The summed E-state index contributed by atoms with van der Waals surface area (Å²) in [7, 11) is 1.86. The Kier molecular flexibility index (Phi) is 6.54. The zero-order valence-electron chi connectivity index (χ0n) is 17.4. The van der Waals surface area contributed by atoms with Crippen LogP contribution in [0.1, 0.15) is 17.0 Å². The first kappa shape index (κ1) is 19.9. The Balaban J connectivity index is 1.41. The molecule has 0 atom stereocenters. The lowest BCUT2D eigenvalue weighted by Gasteiger charge is -2.36. The first-order valence-corrected chi connectivity index (χ1v) is 10.4. The molecule has 30 heavy (non-hydrogen) atoms. The number of piperazine rings is 1. The van der Waals surface area contributed by atoms with Crippen LogP contribution in [-0.2, 0) is 0 Å². The highest BCUT2D eigenvalue weighted by atomic mass is 15.4. The minimum Gasteiger partial charge on any atom is -0.355 e. The van der Waals surface area contributed by atoms with Gasteiger partial charge >= 0.3 is 0 Å². The Morgan fingerprint density at radius 2 is 1.43 bits per heavy atom. The molecule has 1 fully saturated rings. The first-order valence-electron chi connectivity index (χ1n) is 10.4. The molecule has 1 aliphatic heterocycles. The predicted octanol–water partition coefficient (Wildman–Crippen LogP) is 3.01. The van der Waals surface area contributed by atoms with E-state index in [0.717, 1.165) is 44.6 Å². The van der Waals surface area contributed by atoms with Gasteiger partial charge in [-0.25, -0.2) is 9.97 Å². The Bertz CT molecular complexity index is 882. The summed E-state index contributed by atoms with van der Waals surface area (Å²) in [6, 6.07) is 23.2. The summed E-state index contributed by atoms with van der Waals surface area (Å²) < 4.78 is 0. The highest BCUT2D eigenvalue weighted by molar-refractivity contribution is 5.80. The fraction of sp³-hybridized carbons (Fsp3) is 0.292. The van der Waals surface area contributed by atoms with E-state index in [-0.39, 0.29) is 5.92 Å². The molecule has 0 unspecified atom stereocenters. The normalized spacial score (nSPS) is 14.8. The van der Waals surface area contributed by atoms with Crippen molar-refractivity contribution in [1.29, 1.82) is 0 Å². The van der Waals surface area contributed by atoms with Gasteiger partial charge in [0.15, 0.2) is 5.96 Å². The van der Waals surface area contributed by atoms with E-state index < -0.39 is 0 Å². The third-order valence-corrected chi connectivity index (χ3v) is 5.49. The van der Waals surface area contributed by atoms with Gasteiger partial charge in [0.1, 0.15) is 0 Å². The van der Waals surface area contributed by atoms with Crippen molar-refractivity contribution < 1.29 is 0 Å². The quantitative estimate of drug-likeness (QED) is 0.527. The summed E-state index contributed by atoms with van der Waals surface area (Å²) in [5, 5.41) is 3.62. The van der Waals surface area contributed by atoms with Crippen molar-refractivity contribution in [3.8, 4) is 0 Å². The number of guanidine groups is 1. The summed E-state index contributed by atoms with van der Waals surface area (Å²) in [4.78, 5) is 17.8. The highest BCUT2D eigenvalue weighted by Crippen LogP contribution is 2.23. The Labute approximate surface area is 178 Å². The SMILES string of the molecule is CN=C(NCC(c1ccccc1)c1ccccc1)N1CCN(c2ncccn2)CC1. The van der Waals surface area contributed by atoms with Crippen LogP contribution in [0.3, 0.4) is 0 Å². The van der Waals surface area contributed by atoms with E-state index in [0.29, 0.717) is 0 Å². The standard InChI is InChI=1S/C24H28N6/c1-25-23(29-15-17-30(18-16-29)24-26-13-8-14-27-24)28-19-22(20-9-4-2-5-10-20)21-11-6-3-7-12-21/h2-14,22H,15-19H2,1H3,(H,25,28). The molecule has 4 rings (SSSR count). The molecule has 3 aromatic rings. The Morgan fingerprint density at radius 1 is 0.867 bits per heavy atom. The van der Waals surface area contributed by atoms with Gasteiger partial charge in [-0.3, -0.25) is 4.99 Å². The lowest BCUT2D eigenvalue weighted by molar-refractivity contribution is 0.369. The lowest BCUT2D eigenvalue weighted by atomic mass is 9.91. The fourth-order valence-corrected chi connectivity index (χ4v) is 3.90. The second-order valence-corrected chi connectivity index (χ2v) is 7.32. The summed E-state index contributed by atoms with van der Waals surface area (Å²) in [5.74, 6) is 2.01. The molecule has 0 aliphatic carbocycles. The molecule has 0 bridgehead atoms. The van der Waals surface area contributed by atoms with Gasteiger partial charge in [0.05, 0.1) is 0 Å². The van der Waals surface area contributed by atoms with Crippen LogP contribution in [0.15, 0.2) is 84.1 Å². The number of nitrogens with zero attached hydrogens (tertiary/aromatic N) is 5. The molecule has 154 valence electrons. The largest absolute Gasteiger partial charge is 0.355 e. The maximum absolute atomic E-state index is 4.55. The van der Waals surface area contributed by atoms with Crippen LogP contribution in [0.5, 0.6) is 0 Å². The number of rotatable bonds is 5. The van der Waals surface area contributed by atoms with Crippen molar-refractivity contribution in [3.05, 3.63) is 90.3 Å². The van der Waals surface area contributed by atoms with Gasteiger partial charge in [0.2, 0.25) is 5.95 Å². The average Bonchev–Trinajstić information content (AvgIpc) is 2.84. The number of benzene rings is 2. The van der Waals surface area contributed by atoms with Crippen molar-refractivity contribution in [2.24, 2.45) is 4.99 Å². The smallest absolute Gasteiger partial charge is 0.225 e. The van der Waals surface area contributed by atoms with Crippen LogP contribution in [0.4, 0.5) is 5.95 Å². The van der Waals surface area contributed by atoms with Crippen molar-refractivity contribution in [1.82, 2.24) is 20.2 Å². The van der Waals surface area contributed by atoms with Crippen LogP contribution in [0.2, 0.25) is 0 Å². The van der Waals surface area contributed by atoms with Gasteiger partial charge in [-0.15, -0.1) is 0 Å². The van der Waals surface area contributed by atoms with Crippen LogP contribution in [-0.4, -0.2) is 60.6 Å². The highest BCUT2D eigenvalue weighted by Gasteiger charge is 2.22. The molecule has 2 aromatic carbocycles. The van der Waals surface area contributed by atoms with Gasteiger partial charge in [0, 0.05) is 58.1 Å². The fourth-order valence-electron chi connectivity index (χ4n) is 3.90. The van der Waals surface area contributed by atoms with Crippen LogP contribution >= 0.6 is 0 Å². The predicted molar refractivity (Wildman–Crippen MR) is 122 cm³/mol. The minimum atomic E-state index is 0.267. The third-order valence-electron chi connectivity index (χ3n) is 5.49. The molecule has 0 spiro atoms. The summed E-state index contributed by atoms with van der Waals surface area (Å²) >= 11 is 0. The molecule has 0 radical (unpaired) electrons. The van der Waals surface area contributed by atoms with E-state index in [1.807, 2.05) is 13.1 Å². The van der Waals surface area contributed by atoms with E-state index in [1.54, 1.807) is 12.4 Å². The summed E-state index contributed by atoms with van der Waals surface area (Å²) in [6.45, 7) is 4.33. The lowest BCUT2D eigenvalue weighted by Crippen LogP contribution is -2.53. The van der Waals surface area contributed by atoms with Crippen LogP contribution < -0.4 is 10.2 Å². The van der Waals surface area contributed by atoms with E-state index in [2.05, 4.69) is 90.7 Å². The van der Waals surface area contributed by atoms with Gasteiger partial charge in [-0.2, -0.15) is 0 Å². The molecule has 6 heteroatoms. The van der Waals surface area contributed by atoms with Gasteiger partial charge in [0.25, 0.3) is 0 Å². The molecule has 0 saturated carbocycles. The monoisotopic (exact) mass is 400 g/mol. The van der Waals surface area contributed by atoms with Crippen LogP contribution in [0.25, 0.3) is 0 Å². The Morgan fingerprint density at radius 3 is 1.97 bits per heavy atom. The van der Waals surface area contributed by atoms with E-state index in [1.165, 1.54) is 11.1 Å². The number of hydrogen-bond donors (Lipinski definition) is 1. The van der Waals surface area contributed by atoms with Crippen LogP contribution in [0, 0.1) is 0 Å². The second-order valence-electron chi connectivity index (χ2n) is 7.32. The summed E-state index contributed by atoms with van der Waals surface area (Å²) in [6.07, 6.45) is 3.59. The second kappa shape index (κ2) is 9.87. The molecule has 1 aromatic heterocycles. The van der Waals surface area contributed by atoms with Crippen molar-refractivity contribution >= 4 is 11.9 Å². The number of anilines is 1. The van der Waals surface area contributed by atoms with Gasteiger partial charge in [-0.1, -0.05) is 60.7 Å². The summed E-state index contributed by atoms with van der Waals surface area (Å²) in [5.41, 5.74) is 2.61. The zero-order chi connectivity index (χ0) is 20.6. The number of aromatic nitrogens is 2. The maximum atomic E-state index is 4.55. The average molecular weight is 401 g/mol. The molecule has 1 aliphatic rings. The molecule has 0 amide bonds. The van der Waals surface area contributed by atoms with Gasteiger partial charge < -0.3 is 15.1 Å². The third kappa shape index (κ3) is 4.76. The Hall–Kier alpha value is -3.41. The number of aliphatic imine (C=N–C) groups is 1. The van der Waals surface area contributed by atoms with E-state index >= 15 is 0 Å². The van der Waals surface area contributed by atoms with Crippen molar-refractivity contribution in [3.63, 3.8) is 0 Å². The molecule has 2 heterocycles. The van der Waals surface area contributed by atoms with Crippen molar-refractivity contribution in [2.45, 2.75) is 5.92 Å². The molecule has 6 nitrogen and oxygen atoms in total. The van der Waals surface area contributed by atoms with Gasteiger partial charge in [-0.05, 0) is 17.2 Å². The number of hydrogen-bond acceptors (Lipinski definition) is 4. The number of nitrogens with one attached hydrogen (secondary N) is 1. The molecule has 1 N–H and O–H groups in total. The maximum Gasteiger partial charge on any atom is 0.225 e. The topological polar surface area (TPSA) is 56.7 Å².